The van der Waals surface area contributed by atoms with Gasteiger partial charge in [0.2, 0.25) is 0 Å². The molecule has 1 fully saturated rings. The molecular weight excluding hydrogens is 293 g/mol. The normalized spacial score (nSPS) is 15.0. The van der Waals surface area contributed by atoms with Crippen LogP contribution in [0.3, 0.4) is 0 Å². The van der Waals surface area contributed by atoms with Gasteiger partial charge >= 0.3 is 12.1 Å². The summed E-state index contributed by atoms with van der Waals surface area (Å²) < 4.78 is 36.9. The molecule has 0 spiro atoms. The number of aromatic nitrogens is 2. The third-order valence-electron chi connectivity index (χ3n) is 2.54. The lowest BCUT2D eigenvalue weighted by atomic mass is 10.3. The first-order valence-corrected chi connectivity index (χ1v) is 5.96. The van der Waals surface area contributed by atoms with Crippen molar-refractivity contribution < 1.29 is 27.8 Å². The van der Waals surface area contributed by atoms with E-state index in [1.54, 1.807) is 19.6 Å². The molecule has 7 nitrogen and oxygen atoms in total. The van der Waals surface area contributed by atoms with E-state index < -0.39 is 12.1 Å². The van der Waals surface area contributed by atoms with Crippen LogP contribution in [0.2, 0.25) is 0 Å². The van der Waals surface area contributed by atoms with Crippen LogP contribution in [0, 0.1) is 0 Å². The molecule has 10 heteroatoms. The van der Waals surface area contributed by atoms with Gasteiger partial charge in [0.05, 0.1) is 13.3 Å². The fraction of sp³-hybridized carbons (Fsp3) is 0.545. The zero-order valence-corrected chi connectivity index (χ0v) is 11.2. The Bertz CT molecular complexity index is 464. The number of anilines is 1. The summed E-state index contributed by atoms with van der Waals surface area (Å²) in [5.41, 5.74) is 0. The van der Waals surface area contributed by atoms with Crippen LogP contribution >= 0.6 is 0 Å². The molecule has 1 saturated heterocycles. The number of rotatable bonds is 2. The van der Waals surface area contributed by atoms with Gasteiger partial charge in [-0.15, -0.1) is 0 Å². The molecule has 21 heavy (non-hydrogen) atoms. The van der Waals surface area contributed by atoms with E-state index in [0.29, 0.717) is 0 Å². The number of halogens is 3. The molecule has 0 amide bonds. The molecule has 2 heterocycles. The minimum Gasteiger partial charge on any atom is -0.491 e. The Morgan fingerprint density at radius 2 is 2.00 bits per heavy atom. The summed E-state index contributed by atoms with van der Waals surface area (Å²) in [5, 5.41) is 10.4. The molecular formula is C11H15F3N4O3. The minimum absolute atomic E-state index is 0.745. The SMILES string of the molecule is COc1cncnc1N1CCNCC1.O=C(O)C(F)(F)F. The number of methoxy groups -OCH3 is 1. The number of hydrogen-bond donors (Lipinski definition) is 2. The number of alkyl halides is 3. The van der Waals surface area contributed by atoms with Crippen molar-refractivity contribution in [1.29, 1.82) is 0 Å². The second-order valence-corrected chi connectivity index (χ2v) is 3.95. The van der Waals surface area contributed by atoms with Crippen LogP contribution in [0.5, 0.6) is 5.75 Å². The Morgan fingerprint density at radius 3 is 2.48 bits per heavy atom. The summed E-state index contributed by atoms with van der Waals surface area (Å²) in [5.74, 6) is -1.12. The van der Waals surface area contributed by atoms with Crippen molar-refractivity contribution >= 4 is 11.8 Å². The van der Waals surface area contributed by atoms with Crippen molar-refractivity contribution in [3.05, 3.63) is 12.5 Å². The van der Waals surface area contributed by atoms with Crippen molar-refractivity contribution in [2.75, 3.05) is 38.2 Å². The zero-order chi connectivity index (χ0) is 15.9. The maximum absolute atomic E-state index is 10.6. The van der Waals surface area contributed by atoms with E-state index in [9.17, 15) is 13.2 Å². The Labute approximate surface area is 118 Å². The van der Waals surface area contributed by atoms with Gasteiger partial charge in [0.15, 0.2) is 11.6 Å². The highest BCUT2D eigenvalue weighted by molar-refractivity contribution is 5.73. The molecule has 0 bridgehead atoms. The molecule has 2 N–H and O–H groups in total. The number of ether oxygens (including phenoxy) is 1. The monoisotopic (exact) mass is 308 g/mol. The molecule has 1 aromatic rings. The second kappa shape index (κ2) is 7.62. The maximum atomic E-state index is 10.6. The Morgan fingerprint density at radius 1 is 1.43 bits per heavy atom. The quantitative estimate of drug-likeness (QED) is 0.824. The Balaban J connectivity index is 0.000000270. The predicted octanol–water partition coefficient (Wildman–Crippen LogP) is 0.528. The van der Waals surface area contributed by atoms with Gasteiger partial charge in [0, 0.05) is 26.2 Å². The Kier molecular flexibility index (Phi) is 6.15. The number of carboxylic acid groups (broad SMARTS) is 1. The summed E-state index contributed by atoms with van der Waals surface area (Å²) in [6, 6.07) is 0. The molecule has 0 saturated carbocycles. The van der Waals surface area contributed by atoms with E-state index in [0.717, 1.165) is 37.7 Å². The summed E-state index contributed by atoms with van der Waals surface area (Å²) in [7, 11) is 1.64. The van der Waals surface area contributed by atoms with Gasteiger partial charge in [-0.1, -0.05) is 0 Å². The van der Waals surface area contributed by atoms with Gasteiger partial charge in [-0.2, -0.15) is 13.2 Å². The molecule has 1 aliphatic heterocycles. The van der Waals surface area contributed by atoms with Crippen molar-refractivity contribution in [2.24, 2.45) is 0 Å². The van der Waals surface area contributed by atoms with Gasteiger partial charge in [-0.3, -0.25) is 0 Å². The highest BCUT2D eigenvalue weighted by Crippen LogP contribution is 2.23. The molecule has 0 atom stereocenters. The third-order valence-corrected chi connectivity index (χ3v) is 2.54. The van der Waals surface area contributed by atoms with Crippen molar-refractivity contribution in [2.45, 2.75) is 6.18 Å². The van der Waals surface area contributed by atoms with Gasteiger partial charge < -0.3 is 20.1 Å². The zero-order valence-electron chi connectivity index (χ0n) is 11.2. The third kappa shape index (κ3) is 5.42. The van der Waals surface area contributed by atoms with Crippen LogP contribution < -0.4 is 15.0 Å². The molecule has 1 aromatic heterocycles. The predicted molar refractivity (Wildman–Crippen MR) is 67.4 cm³/mol. The van der Waals surface area contributed by atoms with E-state index in [4.69, 9.17) is 14.6 Å². The number of nitrogens with zero attached hydrogens (tertiary/aromatic N) is 3. The van der Waals surface area contributed by atoms with Gasteiger partial charge in [-0.05, 0) is 0 Å². The van der Waals surface area contributed by atoms with E-state index in [1.165, 1.54) is 0 Å². The summed E-state index contributed by atoms with van der Waals surface area (Å²) in [6.45, 7) is 3.92. The van der Waals surface area contributed by atoms with Crippen LogP contribution in [-0.4, -0.2) is 60.5 Å². The number of nitrogens with one attached hydrogen (secondary N) is 1. The number of carboxylic acids is 1. The van der Waals surface area contributed by atoms with E-state index >= 15 is 0 Å². The fourth-order valence-electron chi connectivity index (χ4n) is 1.57. The first-order chi connectivity index (χ1) is 9.86. The molecule has 0 aromatic carbocycles. The molecule has 2 rings (SSSR count). The lowest BCUT2D eigenvalue weighted by Crippen LogP contribution is -2.44. The van der Waals surface area contributed by atoms with Crippen LogP contribution in [-0.2, 0) is 4.79 Å². The van der Waals surface area contributed by atoms with Crippen molar-refractivity contribution in [3.63, 3.8) is 0 Å². The lowest BCUT2D eigenvalue weighted by Gasteiger charge is -2.28. The first-order valence-electron chi connectivity index (χ1n) is 5.96. The minimum atomic E-state index is -5.08. The molecule has 0 unspecified atom stereocenters. The highest BCUT2D eigenvalue weighted by Gasteiger charge is 2.38. The van der Waals surface area contributed by atoms with E-state index in [-0.39, 0.29) is 0 Å². The van der Waals surface area contributed by atoms with E-state index in [2.05, 4.69) is 20.2 Å². The second-order valence-electron chi connectivity index (χ2n) is 3.95. The molecule has 118 valence electrons. The summed E-state index contributed by atoms with van der Waals surface area (Å²) in [4.78, 5) is 19.3. The number of carbonyl (C=O) groups is 1. The van der Waals surface area contributed by atoms with E-state index in [1.807, 2.05) is 0 Å². The number of aliphatic carboxylic acids is 1. The van der Waals surface area contributed by atoms with Gasteiger partial charge in [-0.25, -0.2) is 14.8 Å². The number of piperazine rings is 1. The summed E-state index contributed by atoms with van der Waals surface area (Å²) in [6.07, 6.45) is -1.83. The van der Waals surface area contributed by atoms with Crippen LogP contribution in [0.25, 0.3) is 0 Å². The standard InChI is InChI=1S/C9H14N4O.C2HF3O2/c1-14-8-6-11-7-12-9(8)13-4-2-10-3-5-13;3-2(4,5)1(6)7/h6-7,10H,2-5H2,1H3;(H,6,7). The lowest BCUT2D eigenvalue weighted by molar-refractivity contribution is -0.192. The topological polar surface area (TPSA) is 87.6 Å². The Hall–Kier alpha value is -2.10. The van der Waals surface area contributed by atoms with Gasteiger partial charge in [0.1, 0.15) is 6.33 Å². The maximum Gasteiger partial charge on any atom is 0.490 e. The average molecular weight is 308 g/mol. The van der Waals surface area contributed by atoms with Crippen LogP contribution in [0.4, 0.5) is 19.0 Å². The largest absolute Gasteiger partial charge is 0.491 e. The first kappa shape index (κ1) is 17.0. The highest BCUT2D eigenvalue weighted by atomic mass is 19.4. The fourth-order valence-corrected chi connectivity index (χ4v) is 1.57. The smallest absolute Gasteiger partial charge is 0.490 e. The van der Waals surface area contributed by atoms with Crippen LogP contribution in [0.1, 0.15) is 0 Å². The van der Waals surface area contributed by atoms with Crippen molar-refractivity contribution in [3.8, 4) is 5.75 Å². The van der Waals surface area contributed by atoms with Crippen molar-refractivity contribution in [1.82, 2.24) is 15.3 Å². The van der Waals surface area contributed by atoms with Crippen LogP contribution in [0.15, 0.2) is 12.5 Å². The number of hydrogen-bond acceptors (Lipinski definition) is 6. The molecule has 1 aliphatic rings. The average Bonchev–Trinajstić information content (AvgIpc) is 2.48. The molecule has 0 radical (unpaired) electrons. The molecule has 0 aliphatic carbocycles. The summed E-state index contributed by atoms with van der Waals surface area (Å²) >= 11 is 0. The van der Waals surface area contributed by atoms with Gasteiger partial charge in [0.25, 0.3) is 0 Å².